The summed E-state index contributed by atoms with van der Waals surface area (Å²) in [6.07, 6.45) is 3.66. The lowest BCUT2D eigenvalue weighted by Crippen LogP contribution is -2.13. The van der Waals surface area contributed by atoms with Crippen LogP contribution in [-0.4, -0.2) is 9.78 Å². The number of halogens is 1. The highest BCUT2D eigenvalue weighted by atomic mass is 19.1. The summed E-state index contributed by atoms with van der Waals surface area (Å²) >= 11 is 0. The number of benzene rings is 2. The Labute approximate surface area is 123 Å². The van der Waals surface area contributed by atoms with Gasteiger partial charge in [-0.25, -0.2) is 9.07 Å². The third-order valence-electron chi connectivity index (χ3n) is 3.31. The number of hydrogen-bond donors (Lipinski definition) is 1. The van der Waals surface area contributed by atoms with E-state index in [1.165, 1.54) is 6.07 Å². The van der Waals surface area contributed by atoms with Gasteiger partial charge >= 0.3 is 0 Å². The summed E-state index contributed by atoms with van der Waals surface area (Å²) in [5, 5.41) is 7.44. The molecule has 0 aliphatic heterocycles. The van der Waals surface area contributed by atoms with Gasteiger partial charge in [0.25, 0.3) is 0 Å². The van der Waals surface area contributed by atoms with Crippen LogP contribution in [0.3, 0.4) is 0 Å². The van der Waals surface area contributed by atoms with Gasteiger partial charge in [-0.3, -0.25) is 0 Å². The van der Waals surface area contributed by atoms with Crippen LogP contribution < -0.4 is 5.32 Å². The number of hydrogen-bond acceptors (Lipinski definition) is 2. The summed E-state index contributed by atoms with van der Waals surface area (Å²) < 4.78 is 15.3. The minimum absolute atomic E-state index is 0.168. The van der Waals surface area contributed by atoms with Gasteiger partial charge in [0.1, 0.15) is 5.82 Å². The van der Waals surface area contributed by atoms with Crippen molar-refractivity contribution in [3.05, 3.63) is 83.9 Å². The Morgan fingerprint density at radius 1 is 0.952 bits per heavy atom. The quantitative estimate of drug-likeness (QED) is 0.777. The molecule has 0 saturated carbocycles. The molecule has 106 valence electrons. The zero-order chi connectivity index (χ0) is 14.5. The minimum atomic E-state index is -0.168. The second kappa shape index (κ2) is 6.33. The first kappa shape index (κ1) is 13.5. The first-order chi connectivity index (χ1) is 10.3. The third-order valence-corrected chi connectivity index (χ3v) is 3.31. The normalized spacial score (nSPS) is 10.7. The largest absolute Gasteiger partial charge is 0.309 e. The topological polar surface area (TPSA) is 29.9 Å². The van der Waals surface area contributed by atoms with Gasteiger partial charge in [-0.1, -0.05) is 30.3 Å². The molecule has 0 spiro atoms. The molecular formula is C17H16FN3. The fraction of sp³-hybridized carbons (Fsp3) is 0.118. The van der Waals surface area contributed by atoms with Crippen molar-refractivity contribution in [2.45, 2.75) is 13.1 Å². The lowest BCUT2D eigenvalue weighted by atomic mass is 10.2. The molecule has 1 heterocycles. The summed E-state index contributed by atoms with van der Waals surface area (Å²) in [6.45, 7) is 1.22. The van der Waals surface area contributed by atoms with Gasteiger partial charge < -0.3 is 5.32 Å². The molecule has 4 heteroatoms. The van der Waals surface area contributed by atoms with Crippen molar-refractivity contribution >= 4 is 0 Å². The van der Waals surface area contributed by atoms with Gasteiger partial charge in [0.2, 0.25) is 0 Å². The van der Waals surface area contributed by atoms with E-state index in [1.54, 1.807) is 18.3 Å². The molecule has 3 nitrogen and oxygen atoms in total. The minimum Gasteiger partial charge on any atom is -0.309 e. The molecule has 0 aliphatic rings. The Bertz CT molecular complexity index is 690. The summed E-state index contributed by atoms with van der Waals surface area (Å²) in [6, 6.07) is 16.9. The molecule has 1 N–H and O–H groups in total. The average Bonchev–Trinajstić information content (AvgIpc) is 3.04. The Morgan fingerprint density at radius 2 is 1.76 bits per heavy atom. The number of rotatable bonds is 5. The molecule has 0 aliphatic carbocycles. The highest BCUT2D eigenvalue weighted by Crippen LogP contribution is 2.09. The van der Waals surface area contributed by atoms with Crippen LogP contribution in [0.2, 0.25) is 0 Å². The first-order valence-electron chi connectivity index (χ1n) is 6.86. The highest BCUT2D eigenvalue weighted by Gasteiger charge is 2.00. The van der Waals surface area contributed by atoms with E-state index < -0.39 is 0 Å². The number of nitrogens with one attached hydrogen (secondary N) is 1. The van der Waals surface area contributed by atoms with Crippen molar-refractivity contribution in [2.75, 3.05) is 0 Å². The number of aromatic nitrogens is 2. The molecule has 0 saturated heterocycles. The second-order valence-electron chi connectivity index (χ2n) is 4.81. The van der Waals surface area contributed by atoms with Crippen molar-refractivity contribution in [3.63, 3.8) is 0 Å². The maximum atomic E-state index is 13.5. The molecule has 3 rings (SSSR count). The van der Waals surface area contributed by atoms with Crippen molar-refractivity contribution < 1.29 is 4.39 Å². The van der Waals surface area contributed by atoms with Crippen LogP contribution in [0.25, 0.3) is 5.69 Å². The SMILES string of the molecule is Fc1ccccc1CNCc1ccc(-n2cccn2)cc1. The molecule has 0 bridgehead atoms. The van der Waals surface area contributed by atoms with Crippen molar-refractivity contribution in [1.82, 2.24) is 15.1 Å². The lowest BCUT2D eigenvalue weighted by Gasteiger charge is -2.07. The van der Waals surface area contributed by atoms with Gasteiger partial charge in [0.05, 0.1) is 5.69 Å². The van der Waals surface area contributed by atoms with E-state index in [2.05, 4.69) is 10.4 Å². The van der Waals surface area contributed by atoms with Gasteiger partial charge in [0, 0.05) is 31.0 Å². The van der Waals surface area contributed by atoms with E-state index in [4.69, 9.17) is 0 Å². The molecule has 2 aromatic carbocycles. The summed E-state index contributed by atoms with van der Waals surface area (Å²) in [4.78, 5) is 0. The van der Waals surface area contributed by atoms with E-state index in [-0.39, 0.29) is 5.82 Å². The van der Waals surface area contributed by atoms with Gasteiger partial charge in [0.15, 0.2) is 0 Å². The van der Waals surface area contributed by atoms with Gasteiger partial charge in [-0.2, -0.15) is 5.10 Å². The maximum absolute atomic E-state index is 13.5. The van der Waals surface area contributed by atoms with E-state index >= 15 is 0 Å². The molecule has 1 aromatic heterocycles. The van der Waals surface area contributed by atoms with E-state index in [0.29, 0.717) is 18.7 Å². The lowest BCUT2D eigenvalue weighted by molar-refractivity contribution is 0.588. The smallest absolute Gasteiger partial charge is 0.127 e. The van der Waals surface area contributed by atoms with Crippen LogP contribution in [0, 0.1) is 5.82 Å². The Balaban J connectivity index is 1.58. The van der Waals surface area contributed by atoms with E-state index in [0.717, 1.165) is 11.3 Å². The van der Waals surface area contributed by atoms with Crippen molar-refractivity contribution in [1.29, 1.82) is 0 Å². The van der Waals surface area contributed by atoms with Crippen molar-refractivity contribution in [3.8, 4) is 5.69 Å². The van der Waals surface area contributed by atoms with E-state index in [9.17, 15) is 4.39 Å². The predicted molar refractivity (Wildman–Crippen MR) is 80.5 cm³/mol. The fourth-order valence-corrected chi connectivity index (χ4v) is 2.17. The summed E-state index contributed by atoms with van der Waals surface area (Å²) in [5.74, 6) is -0.168. The van der Waals surface area contributed by atoms with E-state index in [1.807, 2.05) is 47.3 Å². The van der Waals surface area contributed by atoms with Crippen LogP contribution in [0.15, 0.2) is 67.0 Å². The van der Waals surface area contributed by atoms with Crippen LogP contribution in [0.5, 0.6) is 0 Å². The summed E-state index contributed by atoms with van der Waals surface area (Å²) in [7, 11) is 0. The van der Waals surface area contributed by atoms with Crippen LogP contribution >= 0.6 is 0 Å². The zero-order valence-electron chi connectivity index (χ0n) is 11.5. The van der Waals surface area contributed by atoms with Crippen LogP contribution in [0.1, 0.15) is 11.1 Å². The number of nitrogens with zero attached hydrogens (tertiary/aromatic N) is 2. The molecule has 0 unspecified atom stereocenters. The highest BCUT2D eigenvalue weighted by molar-refractivity contribution is 5.33. The predicted octanol–water partition coefficient (Wildman–Crippen LogP) is 3.30. The Hall–Kier alpha value is -2.46. The maximum Gasteiger partial charge on any atom is 0.127 e. The van der Waals surface area contributed by atoms with Crippen LogP contribution in [0.4, 0.5) is 4.39 Å². The van der Waals surface area contributed by atoms with Gasteiger partial charge in [-0.05, 0) is 29.8 Å². The molecule has 0 atom stereocenters. The summed E-state index contributed by atoms with van der Waals surface area (Å²) in [5.41, 5.74) is 2.87. The molecule has 21 heavy (non-hydrogen) atoms. The monoisotopic (exact) mass is 281 g/mol. The zero-order valence-corrected chi connectivity index (χ0v) is 11.5. The molecule has 3 aromatic rings. The van der Waals surface area contributed by atoms with Gasteiger partial charge in [-0.15, -0.1) is 0 Å². The third kappa shape index (κ3) is 3.35. The molecule has 0 fully saturated rings. The fourth-order valence-electron chi connectivity index (χ4n) is 2.17. The Kier molecular flexibility index (Phi) is 4.07. The molecular weight excluding hydrogens is 265 g/mol. The average molecular weight is 281 g/mol. The first-order valence-corrected chi connectivity index (χ1v) is 6.86. The molecule has 0 radical (unpaired) electrons. The Morgan fingerprint density at radius 3 is 2.48 bits per heavy atom. The molecule has 0 amide bonds. The van der Waals surface area contributed by atoms with Crippen molar-refractivity contribution in [2.24, 2.45) is 0 Å². The van der Waals surface area contributed by atoms with Crippen LogP contribution in [-0.2, 0) is 13.1 Å². The second-order valence-corrected chi connectivity index (χ2v) is 4.81. The standard InChI is InChI=1S/C17H16FN3/c18-17-5-2-1-4-15(17)13-19-12-14-6-8-16(9-7-14)21-11-3-10-20-21/h1-11,19H,12-13H2.